The standard InChI is InChI=1S/C27H24N2O6/c1-16(17-7-10-23-24(14-17)34-12-11-33-23)28-26(30)19-8-9-22-20(13-19)29-27(31)25(35-22)15-18-5-3-4-6-21(18)32-2/h3-10,13-16H,11-12H2,1-2H3,(H,28,30)(H,29,31)/b25-15+/t16-/m0/s1. The normalized spacial score (nSPS) is 15.9. The third-order valence-electron chi connectivity index (χ3n) is 5.77. The van der Waals surface area contributed by atoms with Gasteiger partial charge in [0.1, 0.15) is 19.0 Å². The molecule has 1 atom stereocenters. The zero-order chi connectivity index (χ0) is 24.4. The van der Waals surface area contributed by atoms with Crippen molar-refractivity contribution in [2.75, 3.05) is 25.6 Å². The van der Waals surface area contributed by atoms with Crippen LogP contribution in [0, 0.1) is 0 Å². The van der Waals surface area contributed by atoms with Gasteiger partial charge in [0.15, 0.2) is 23.0 Å². The van der Waals surface area contributed by atoms with Gasteiger partial charge in [-0.15, -0.1) is 0 Å². The Kier molecular flexibility index (Phi) is 6.01. The number of amides is 2. The number of fused-ring (bicyclic) bond motifs is 2. The van der Waals surface area contributed by atoms with Crippen LogP contribution >= 0.6 is 0 Å². The minimum atomic E-state index is -0.411. The molecule has 2 N–H and O–H groups in total. The summed E-state index contributed by atoms with van der Waals surface area (Å²) in [6.45, 7) is 2.91. The van der Waals surface area contributed by atoms with Crippen LogP contribution in [0.4, 0.5) is 5.69 Å². The second-order valence-corrected chi connectivity index (χ2v) is 8.12. The van der Waals surface area contributed by atoms with Crippen LogP contribution in [-0.4, -0.2) is 32.1 Å². The number of carbonyl (C=O) groups excluding carboxylic acids is 2. The smallest absolute Gasteiger partial charge is 0.291 e. The van der Waals surface area contributed by atoms with Crippen LogP contribution in [0.5, 0.6) is 23.0 Å². The molecule has 0 fully saturated rings. The van der Waals surface area contributed by atoms with E-state index >= 15 is 0 Å². The Bertz CT molecular complexity index is 1330. The summed E-state index contributed by atoms with van der Waals surface area (Å²) in [5, 5.41) is 5.78. The molecule has 35 heavy (non-hydrogen) atoms. The molecule has 0 unspecified atom stereocenters. The summed E-state index contributed by atoms with van der Waals surface area (Å²) < 4.78 is 22.3. The minimum Gasteiger partial charge on any atom is -0.496 e. The number of hydrogen-bond donors (Lipinski definition) is 2. The summed E-state index contributed by atoms with van der Waals surface area (Å²) in [6.07, 6.45) is 1.62. The van der Waals surface area contributed by atoms with Crippen LogP contribution in [0.15, 0.2) is 66.4 Å². The predicted molar refractivity (Wildman–Crippen MR) is 130 cm³/mol. The number of para-hydroxylation sites is 1. The fraction of sp³-hybridized carbons (Fsp3) is 0.185. The molecule has 3 aromatic carbocycles. The van der Waals surface area contributed by atoms with Gasteiger partial charge in [-0.25, -0.2) is 0 Å². The third kappa shape index (κ3) is 4.63. The second-order valence-electron chi connectivity index (χ2n) is 8.12. The molecule has 8 heteroatoms. The van der Waals surface area contributed by atoms with E-state index in [1.165, 1.54) is 0 Å². The molecule has 0 spiro atoms. The lowest BCUT2D eigenvalue weighted by molar-refractivity contribution is -0.115. The van der Waals surface area contributed by atoms with E-state index in [0.29, 0.717) is 53.0 Å². The SMILES string of the molecule is COc1ccccc1/C=C1/Oc2ccc(C(=O)N[C@@H](C)c3ccc4c(c3)OCCO4)cc2NC1=O. The topological polar surface area (TPSA) is 95.1 Å². The van der Waals surface area contributed by atoms with E-state index in [2.05, 4.69) is 10.6 Å². The molecule has 3 aromatic rings. The second kappa shape index (κ2) is 9.42. The van der Waals surface area contributed by atoms with E-state index in [1.807, 2.05) is 43.3 Å². The molecular formula is C27H24N2O6. The number of nitrogens with one attached hydrogen (secondary N) is 2. The number of carbonyl (C=O) groups is 2. The molecule has 0 saturated carbocycles. The van der Waals surface area contributed by atoms with Gasteiger partial charge in [0.05, 0.1) is 18.8 Å². The van der Waals surface area contributed by atoms with Gasteiger partial charge in [-0.3, -0.25) is 9.59 Å². The number of anilines is 1. The number of benzene rings is 3. The first-order valence-corrected chi connectivity index (χ1v) is 11.2. The maximum absolute atomic E-state index is 12.9. The van der Waals surface area contributed by atoms with Crippen molar-refractivity contribution in [2.45, 2.75) is 13.0 Å². The Hall–Kier alpha value is -4.46. The lowest BCUT2D eigenvalue weighted by atomic mass is 10.1. The lowest BCUT2D eigenvalue weighted by Gasteiger charge is -2.22. The fourth-order valence-corrected chi connectivity index (χ4v) is 3.92. The summed E-state index contributed by atoms with van der Waals surface area (Å²) in [5.74, 6) is 1.88. The van der Waals surface area contributed by atoms with Gasteiger partial charge in [-0.05, 0) is 55.0 Å². The minimum absolute atomic E-state index is 0.131. The fourth-order valence-electron chi connectivity index (χ4n) is 3.92. The molecule has 0 saturated heterocycles. The molecule has 0 bridgehead atoms. The van der Waals surface area contributed by atoms with Crippen molar-refractivity contribution in [3.05, 3.63) is 83.1 Å². The van der Waals surface area contributed by atoms with E-state index in [4.69, 9.17) is 18.9 Å². The van der Waals surface area contributed by atoms with Crippen molar-refractivity contribution in [3.8, 4) is 23.0 Å². The van der Waals surface area contributed by atoms with Crippen LogP contribution in [0.25, 0.3) is 6.08 Å². The monoisotopic (exact) mass is 472 g/mol. The first kappa shape index (κ1) is 22.3. The average Bonchev–Trinajstić information content (AvgIpc) is 2.88. The van der Waals surface area contributed by atoms with Crippen molar-refractivity contribution in [1.29, 1.82) is 0 Å². The highest BCUT2D eigenvalue weighted by atomic mass is 16.6. The number of hydrogen-bond acceptors (Lipinski definition) is 6. The zero-order valence-corrected chi connectivity index (χ0v) is 19.3. The van der Waals surface area contributed by atoms with Crippen LogP contribution in [-0.2, 0) is 4.79 Å². The first-order chi connectivity index (χ1) is 17.0. The van der Waals surface area contributed by atoms with Gasteiger partial charge in [-0.2, -0.15) is 0 Å². The number of ether oxygens (including phenoxy) is 4. The van der Waals surface area contributed by atoms with E-state index < -0.39 is 5.91 Å². The summed E-state index contributed by atoms with van der Waals surface area (Å²) in [4.78, 5) is 25.6. The van der Waals surface area contributed by atoms with Gasteiger partial charge in [0, 0.05) is 11.1 Å². The Labute approximate surface area is 202 Å². The molecule has 2 amide bonds. The molecule has 2 heterocycles. The maximum Gasteiger partial charge on any atom is 0.291 e. The van der Waals surface area contributed by atoms with Crippen molar-refractivity contribution in [2.24, 2.45) is 0 Å². The highest BCUT2D eigenvalue weighted by molar-refractivity contribution is 6.09. The first-order valence-electron chi connectivity index (χ1n) is 11.2. The average molecular weight is 472 g/mol. The van der Waals surface area contributed by atoms with E-state index in [-0.39, 0.29) is 17.7 Å². The Morgan fingerprint density at radius 2 is 1.80 bits per heavy atom. The van der Waals surface area contributed by atoms with Crippen LogP contribution < -0.4 is 29.6 Å². The molecular weight excluding hydrogens is 448 g/mol. The maximum atomic E-state index is 12.9. The Morgan fingerprint density at radius 3 is 2.63 bits per heavy atom. The van der Waals surface area contributed by atoms with Crippen molar-refractivity contribution < 1.29 is 28.5 Å². The predicted octanol–water partition coefficient (Wildman–Crippen LogP) is 4.33. The molecule has 2 aliphatic rings. The Balaban J connectivity index is 1.31. The van der Waals surface area contributed by atoms with Crippen LogP contribution in [0.2, 0.25) is 0 Å². The largest absolute Gasteiger partial charge is 0.496 e. The number of rotatable bonds is 5. The lowest BCUT2D eigenvalue weighted by Crippen LogP contribution is -2.28. The van der Waals surface area contributed by atoms with Crippen LogP contribution in [0.1, 0.15) is 34.5 Å². The van der Waals surface area contributed by atoms with Crippen molar-refractivity contribution in [1.82, 2.24) is 5.32 Å². The van der Waals surface area contributed by atoms with Gasteiger partial charge in [0.25, 0.3) is 11.8 Å². The summed E-state index contributed by atoms with van der Waals surface area (Å²) in [5.41, 5.74) is 2.43. The van der Waals surface area contributed by atoms with Gasteiger partial charge in [0.2, 0.25) is 0 Å². The summed E-state index contributed by atoms with van der Waals surface area (Å²) >= 11 is 0. The molecule has 0 aromatic heterocycles. The van der Waals surface area contributed by atoms with Gasteiger partial charge >= 0.3 is 0 Å². The highest BCUT2D eigenvalue weighted by Crippen LogP contribution is 2.34. The number of methoxy groups -OCH3 is 1. The van der Waals surface area contributed by atoms with Gasteiger partial charge in [-0.1, -0.05) is 24.3 Å². The van der Waals surface area contributed by atoms with Crippen molar-refractivity contribution in [3.63, 3.8) is 0 Å². The van der Waals surface area contributed by atoms with E-state index in [9.17, 15) is 9.59 Å². The molecule has 178 valence electrons. The zero-order valence-electron chi connectivity index (χ0n) is 19.3. The molecule has 0 aliphatic carbocycles. The summed E-state index contributed by atoms with van der Waals surface area (Å²) in [7, 11) is 1.57. The molecule has 8 nitrogen and oxygen atoms in total. The molecule has 0 radical (unpaired) electrons. The van der Waals surface area contributed by atoms with Crippen molar-refractivity contribution >= 4 is 23.6 Å². The third-order valence-corrected chi connectivity index (χ3v) is 5.77. The highest BCUT2D eigenvalue weighted by Gasteiger charge is 2.24. The quantitative estimate of drug-likeness (QED) is 0.537. The molecule has 5 rings (SSSR count). The summed E-state index contributed by atoms with van der Waals surface area (Å²) in [6, 6.07) is 17.6. The Morgan fingerprint density at radius 1 is 1.03 bits per heavy atom. The van der Waals surface area contributed by atoms with E-state index in [0.717, 1.165) is 5.56 Å². The van der Waals surface area contributed by atoms with Gasteiger partial charge < -0.3 is 29.6 Å². The van der Waals surface area contributed by atoms with Crippen LogP contribution in [0.3, 0.4) is 0 Å². The molecule has 2 aliphatic heterocycles. The van der Waals surface area contributed by atoms with E-state index in [1.54, 1.807) is 37.5 Å².